The van der Waals surface area contributed by atoms with Crippen LogP contribution in [-0.4, -0.2) is 12.6 Å². The lowest BCUT2D eigenvalue weighted by atomic mass is 9.73. The first-order valence-corrected chi connectivity index (χ1v) is 9.25. The van der Waals surface area contributed by atoms with Gasteiger partial charge in [0.25, 0.3) is 0 Å². The summed E-state index contributed by atoms with van der Waals surface area (Å²) in [6, 6.07) is 18.1. The van der Waals surface area contributed by atoms with Gasteiger partial charge in [0.15, 0.2) is 0 Å². The molecule has 1 saturated heterocycles. The molecular formula is C22H30N2. The molecule has 128 valence electrons. The van der Waals surface area contributed by atoms with Gasteiger partial charge in [-0.1, -0.05) is 60.9 Å². The summed E-state index contributed by atoms with van der Waals surface area (Å²) in [5.41, 5.74) is 11.9. The van der Waals surface area contributed by atoms with Gasteiger partial charge in [0, 0.05) is 18.3 Å². The molecule has 0 radical (unpaired) electrons. The van der Waals surface area contributed by atoms with E-state index in [0.29, 0.717) is 0 Å². The Morgan fingerprint density at radius 2 is 1.58 bits per heavy atom. The van der Waals surface area contributed by atoms with Crippen molar-refractivity contribution in [1.82, 2.24) is 0 Å². The molecule has 1 aliphatic rings. The van der Waals surface area contributed by atoms with E-state index >= 15 is 0 Å². The largest absolute Gasteiger partial charge is 0.360 e. The van der Waals surface area contributed by atoms with Crippen molar-refractivity contribution in [2.45, 2.75) is 58.0 Å². The van der Waals surface area contributed by atoms with Gasteiger partial charge in [-0.2, -0.15) is 0 Å². The van der Waals surface area contributed by atoms with Crippen LogP contribution in [0.1, 0.15) is 49.3 Å². The van der Waals surface area contributed by atoms with E-state index in [9.17, 15) is 0 Å². The van der Waals surface area contributed by atoms with Crippen LogP contribution < -0.4 is 10.6 Å². The molecule has 2 aromatic carbocycles. The van der Waals surface area contributed by atoms with E-state index in [0.717, 1.165) is 32.2 Å². The normalized spacial score (nSPS) is 24.2. The van der Waals surface area contributed by atoms with Crippen LogP contribution in [0.15, 0.2) is 48.5 Å². The van der Waals surface area contributed by atoms with Crippen LogP contribution >= 0.6 is 0 Å². The number of benzene rings is 2. The Bertz CT molecular complexity index is 659. The Morgan fingerprint density at radius 3 is 2.17 bits per heavy atom. The van der Waals surface area contributed by atoms with E-state index in [1.807, 2.05) is 0 Å². The molecule has 0 aromatic heterocycles. The molecule has 0 saturated carbocycles. The molecule has 2 aromatic rings. The van der Waals surface area contributed by atoms with Gasteiger partial charge < -0.3 is 10.6 Å². The fourth-order valence-electron chi connectivity index (χ4n) is 4.25. The second-order valence-electron chi connectivity index (χ2n) is 7.28. The number of nitrogens with zero attached hydrogens (tertiary/aromatic N) is 1. The predicted molar refractivity (Wildman–Crippen MR) is 103 cm³/mol. The van der Waals surface area contributed by atoms with Crippen LogP contribution in [0.4, 0.5) is 5.69 Å². The maximum Gasteiger partial charge on any atom is 0.0804 e. The third-order valence-electron chi connectivity index (χ3n) is 5.52. The van der Waals surface area contributed by atoms with Crippen molar-refractivity contribution >= 4 is 5.69 Å². The van der Waals surface area contributed by atoms with Crippen molar-refractivity contribution in [2.24, 2.45) is 5.73 Å². The molecule has 2 atom stereocenters. The van der Waals surface area contributed by atoms with Crippen LogP contribution in [0.2, 0.25) is 0 Å². The predicted octanol–water partition coefficient (Wildman–Crippen LogP) is 4.93. The fraction of sp³-hybridized carbons (Fsp3) is 0.455. The first-order valence-electron chi connectivity index (χ1n) is 9.25. The Labute approximate surface area is 146 Å². The van der Waals surface area contributed by atoms with Crippen LogP contribution in [0, 0.1) is 13.8 Å². The van der Waals surface area contributed by atoms with Gasteiger partial charge in [-0.3, -0.25) is 0 Å². The van der Waals surface area contributed by atoms with Crippen LogP contribution in [0.3, 0.4) is 0 Å². The average molecular weight is 322 g/mol. The zero-order valence-corrected chi connectivity index (χ0v) is 15.3. The van der Waals surface area contributed by atoms with Crippen LogP contribution in [0.5, 0.6) is 0 Å². The van der Waals surface area contributed by atoms with Crippen molar-refractivity contribution in [1.29, 1.82) is 0 Å². The SMILES string of the molecule is CCCC1(c2ccc(C)cc2)C(N)CCCN1c1ccc(C)cc1. The molecule has 0 bridgehead atoms. The average Bonchev–Trinajstić information content (AvgIpc) is 2.58. The second-order valence-corrected chi connectivity index (χ2v) is 7.28. The molecule has 1 aliphatic heterocycles. The number of nitrogens with two attached hydrogens (primary N) is 1. The van der Waals surface area contributed by atoms with Crippen molar-refractivity contribution < 1.29 is 0 Å². The maximum absolute atomic E-state index is 6.79. The third-order valence-corrected chi connectivity index (χ3v) is 5.52. The van der Waals surface area contributed by atoms with Crippen molar-refractivity contribution in [2.75, 3.05) is 11.4 Å². The number of rotatable bonds is 4. The van der Waals surface area contributed by atoms with Gasteiger partial charge in [0.1, 0.15) is 0 Å². The molecule has 0 spiro atoms. The summed E-state index contributed by atoms with van der Waals surface area (Å²) in [5.74, 6) is 0. The summed E-state index contributed by atoms with van der Waals surface area (Å²) in [5, 5.41) is 0. The van der Waals surface area contributed by atoms with E-state index in [1.54, 1.807) is 0 Å². The number of hydrogen-bond acceptors (Lipinski definition) is 2. The van der Waals surface area contributed by atoms with Crippen molar-refractivity contribution in [3.05, 3.63) is 65.2 Å². The quantitative estimate of drug-likeness (QED) is 0.865. The topological polar surface area (TPSA) is 29.3 Å². The van der Waals surface area contributed by atoms with Crippen molar-refractivity contribution in [3.8, 4) is 0 Å². The number of aryl methyl sites for hydroxylation is 2. The molecule has 2 N–H and O–H groups in total. The first-order chi connectivity index (χ1) is 11.6. The molecular weight excluding hydrogens is 292 g/mol. The van der Waals surface area contributed by atoms with E-state index in [-0.39, 0.29) is 11.6 Å². The van der Waals surface area contributed by atoms with Gasteiger partial charge in [-0.25, -0.2) is 0 Å². The summed E-state index contributed by atoms with van der Waals surface area (Å²) in [4.78, 5) is 2.58. The zero-order valence-electron chi connectivity index (χ0n) is 15.3. The minimum absolute atomic E-state index is 0.101. The maximum atomic E-state index is 6.79. The molecule has 0 amide bonds. The minimum atomic E-state index is -0.101. The zero-order chi connectivity index (χ0) is 17.2. The standard InChI is InChI=1S/C22H30N2/c1-4-15-22(19-11-7-17(2)8-12-19)21(23)6-5-16-24(22)20-13-9-18(3)10-14-20/h7-14,21H,4-6,15-16,23H2,1-3H3. The molecule has 2 nitrogen and oxygen atoms in total. The van der Waals surface area contributed by atoms with E-state index in [4.69, 9.17) is 5.73 Å². The van der Waals surface area contributed by atoms with Gasteiger partial charge >= 0.3 is 0 Å². The van der Waals surface area contributed by atoms with E-state index in [2.05, 4.69) is 74.2 Å². The highest BCUT2D eigenvalue weighted by atomic mass is 15.2. The van der Waals surface area contributed by atoms with Gasteiger partial charge in [0.2, 0.25) is 0 Å². The van der Waals surface area contributed by atoms with Crippen molar-refractivity contribution in [3.63, 3.8) is 0 Å². The molecule has 1 fully saturated rings. The Kier molecular flexibility index (Phi) is 4.96. The second kappa shape index (κ2) is 6.98. The molecule has 3 rings (SSSR count). The third kappa shape index (κ3) is 2.95. The summed E-state index contributed by atoms with van der Waals surface area (Å²) < 4.78 is 0. The molecule has 24 heavy (non-hydrogen) atoms. The Hall–Kier alpha value is -1.80. The van der Waals surface area contributed by atoms with Gasteiger partial charge in [0.05, 0.1) is 5.54 Å². The summed E-state index contributed by atoms with van der Waals surface area (Å²) in [7, 11) is 0. The van der Waals surface area contributed by atoms with Crippen LogP contribution in [0.25, 0.3) is 0 Å². The highest BCUT2D eigenvalue weighted by molar-refractivity contribution is 5.54. The van der Waals surface area contributed by atoms with Gasteiger partial charge in [-0.15, -0.1) is 0 Å². The van der Waals surface area contributed by atoms with Gasteiger partial charge in [-0.05, 0) is 50.8 Å². The molecule has 0 aliphatic carbocycles. The Morgan fingerprint density at radius 1 is 1.00 bits per heavy atom. The molecule has 2 unspecified atom stereocenters. The summed E-state index contributed by atoms with van der Waals surface area (Å²) in [6.07, 6.45) is 4.47. The molecule has 2 heteroatoms. The lowest BCUT2D eigenvalue weighted by Gasteiger charge is -2.53. The number of hydrogen-bond donors (Lipinski definition) is 1. The lowest BCUT2D eigenvalue weighted by molar-refractivity contribution is 0.247. The van der Waals surface area contributed by atoms with E-state index < -0.39 is 0 Å². The highest BCUT2D eigenvalue weighted by Gasteiger charge is 2.45. The summed E-state index contributed by atoms with van der Waals surface area (Å²) in [6.45, 7) is 7.63. The first kappa shape index (κ1) is 17.0. The minimum Gasteiger partial charge on any atom is -0.360 e. The lowest BCUT2D eigenvalue weighted by Crippen LogP contribution is -2.61. The smallest absolute Gasteiger partial charge is 0.0804 e. The highest BCUT2D eigenvalue weighted by Crippen LogP contribution is 2.43. The number of anilines is 1. The van der Waals surface area contributed by atoms with E-state index in [1.165, 1.54) is 22.4 Å². The molecule has 1 heterocycles. The Balaban J connectivity index is 2.12. The number of piperidine rings is 1. The summed E-state index contributed by atoms with van der Waals surface area (Å²) >= 11 is 0. The fourth-order valence-corrected chi connectivity index (χ4v) is 4.25. The van der Waals surface area contributed by atoms with Crippen LogP contribution in [-0.2, 0) is 5.54 Å². The monoisotopic (exact) mass is 322 g/mol.